The first kappa shape index (κ1) is 38.7. The van der Waals surface area contributed by atoms with E-state index in [1.807, 2.05) is 24.3 Å². The van der Waals surface area contributed by atoms with Gasteiger partial charge in [0, 0.05) is 28.2 Å². The van der Waals surface area contributed by atoms with Gasteiger partial charge in [-0.2, -0.15) is 0 Å². The summed E-state index contributed by atoms with van der Waals surface area (Å²) in [7, 11) is -3.41. The van der Waals surface area contributed by atoms with Gasteiger partial charge in [-0.05, 0) is 78.9 Å². The second-order valence-corrected chi connectivity index (χ2v) is 20.2. The standard InChI is InChI=1S/C53H48O5P2/c1-52(2,3)43-31-48(55-59-33-34-19-7-8-20-35(34)38-23-13-16-28-45(38)54-59)50(41-26-11-9-21-36(41)43)51-42-27-12-10-22-37(42)44(53(4,5)6)32-49(51)58-60-56-46-29-17-14-24-39(46)40-25-15-18-30-47(40)57-60/h7-32,39,46H,33H2,1-6H3. The van der Waals surface area contributed by atoms with Crippen LogP contribution in [0.3, 0.4) is 0 Å². The highest BCUT2D eigenvalue weighted by atomic mass is 31.2. The fraction of sp³-hybridized carbons (Fsp3) is 0.208. The maximum Gasteiger partial charge on any atom is 0.463 e. The van der Waals surface area contributed by atoms with Crippen LogP contribution >= 0.6 is 17.0 Å². The number of rotatable bonds is 5. The molecule has 0 saturated carbocycles. The first-order valence-electron chi connectivity index (χ1n) is 20.7. The average Bonchev–Trinajstić information content (AvgIpc) is 3.50. The monoisotopic (exact) mass is 826 g/mol. The second kappa shape index (κ2) is 15.2. The van der Waals surface area contributed by atoms with E-state index in [1.54, 1.807) is 0 Å². The molecule has 0 bridgehead atoms. The van der Waals surface area contributed by atoms with Crippen LogP contribution in [0.25, 0.3) is 43.8 Å². The van der Waals surface area contributed by atoms with Crippen LogP contribution in [0.15, 0.2) is 158 Å². The molecule has 0 spiro atoms. The molecular weight excluding hydrogens is 779 g/mol. The topological polar surface area (TPSA) is 46.2 Å². The van der Waals surface area contributed by atoms with E-state index >= 15 is 0 Å². The van der Waals surface area contributed by atoms with Crippen molar-refractivity contribution in [1.29, 1.82) is 0 Å². The van der Waals surface area contributed by atoms with Gasteiger partial charge in [0.2, 0.25) is 0 Å². The predicted octanol–water partition coefficient (Wildman–Crippen LogP) is 15.5. The van der Waals surface area contributed by atoms with Crippen molar-refractivity contribution in [2.45, 2.75) is 70.6 Å². The zero-order valence-electron chi connectivity index (χ0n) is 34.8. The van der Waals surface area contributed by atoms with Crippen molar-refractivity contribution in [3.8, 4) is 45.3 Å². The van der Waals surface area contributed by atoms with E-state index < -0.39 is 17.0 Å². The maximum atomic E-state index is 7.42. The Hall–Kier alpha value is -5.44. The molecule has 5 nitrogen and oxygen atoms in total. The Labute approximate surface area is 355 Å². The smallest absolute Gasteiger partial charge is 0.438 e. The molecule has 0 aromatic heterocycles. The Morgan fingerprint density at radius 1 is 0.533 bits per heavy atom. The highest BCUT2D eigenvalue weighted by Gasteiger charge is 2.37. The molecule has 3 aliphatic rings. The van der Waals surface area contributed by atoms with Crippen LogP contribution in [0.1, 0.15) is 69.7 Å². The van der Waals surface area contributed by atoms with Gasteiger partial charge in [-0.1, -0.05) is 175 Å². The molecule has 7 aromatic rings. The third-order valence-corrected chi connectivity index (χ3v) is 14.2. The SMILES string of the molecule is CC(C)(C)c1cc(OP2Cc3ccccc3-c3ccccc3O2)c(-c2c(OP3Oc4ccccc4C4C=CC=CC4O3)cc(C(C)(C)C)c3ccccc23)c2ccccc12. The van der Waals surface area contributed by atoms with Gasteiger partial charge in [0.25, 0.3) is 8.38 Å². The number of para-hydroxylation sites is 2. The molecule has 10 rings (SSSR count). The molecule has 7 heteroatoms. The zero-order chi connectivity index (χ0) is 41.2. The Morgan fingerprint density at radius 2 is 1.07 bits per heavy atom. The Bertz CT molecular complexity index is 2800. The van der Waals surface area contributed by atoms with Crippen LogP contribution in [0.2, 0.25) is 0 Å². The second-order valence-electron chi connectivity index (χ2n) is 17.8. The van der Waals surface area contributed by atoms with E-state index in [-0.39, 0.29) is 22.9 Å². The molecule has 60 heavy (non-hydrogen) atoms. The summed E-state index contributed by atoms with van der Waals surface area (Å²) in [4.78, 5) is 0. The van der Waals surface area contributed by atoms with Crippen molar-refractivity contribution in [3.05, 3.63) is 180 Å². The lowest BCUT2D eigenvalue weighted by Crippen LogP contribution is -2.18. The van der Waals surface area contributed by atoms with E-state index in [0.717, 1.165) is 61.0 Å². The minimum absolute atomic E-state index is 0.00884. The van der Waals surface area contributed by atoms with E-state index in [0.29, 0.717) is 11.9 Å². The molecule has 0 fully saturated rings. The van der Waals surface area contributed by atoms with E-state index in [4.69, 9.17) is 22.6 Å². The summed E-state index contributed by atoms with van der Waals surface area (Å²) in [5.41, 5.74) is 8.38. The summed E-state index contributed by atoms with van der Waals surface area (Å²) in [6.45, 7) is 13.6. The lowest BCUT2D eigenvalue weighted by molar-refractivity contribution is 0.213. The number of allylic oxidation sites excluding steroid dienone is 2. The number of hydrogen-bond acceptors (Lipinski definition) is 5. The van der Waals surface area contributed by atoms with Gasteiger partial charge in [-0.25, -0.2) is 0 Å². The molecular formula is C53H48O5P2. The van der Waals surface area contributed by atoms with Crippen molar-refractivity contribution in [1.82, 2.24) is 0 Å². The molecule has 2 aliphatic heterocycles. The molecule has 300 valence electrons. The van der Waals surface area contributed by atoms with Crippen LogP contribution in [0.4, 0.5) is 0 Å². The minimum Gasteiger partial charge on any atom is -0.438 e. The maximum absolute atomic E-state index is 7.42. The van der Waals surface area contributed by atoms with Crippen LogP contribution < -0.4 is 18.1 Å². The first-order chi connectivity index (χ1) is 29.0. The molecule has 4 atom stereocenters. The van der Waals surface area contributed by atoms with Crippen molar-refractivity contribution in [3.63, 3.8) is 0 Å². The predicted molar refractivity (Wildman–Crippen MR) is 249 cm³/mol. The highest BCUT2D eigenvalue weighted by molar-refractivity contribution is 7.47. The molecule has 1 aliphatic carbocycles. The van der Waals surface area contributed by atoms with Crippen molar-refractivity contribution in [2.24, 2.45) is 0 Å². The molecule has 4 unspecified atom stereocenters. The van der Waals surface area contributed by atoms with Crippen molar-refractivity contribution in [2.75, 3.05) is 0 Å². The van der Waals surface area contributed by atoms with Gasteiger partial charge in [0.1, 0.15) is 23.0 Å². The van der Waals surface area contributed by atoms with Crippen LogP contribution in [-0.4, -0.2) is 6.10 Å². The third kappa shape index (κ3) is 7.07. The van der Waals surface area contributed by atoms with Gasteiger partial charge in [0.05, 0.1) is 12.3 Å². The minimum atomic E-state index is -1.92. The molecule has 0 N–H and O–H groups in total. The molecule has 0 amide bonds. The normalized spacial score (nSPS) is 19.5. The first-order valence-corrected chi connectivity index (χ1v) is 23.2. The zero-order valence-corrected chi connectivity index (χ0v) is 36.6. The lowest BCUT2D eigenvalue weighted by atomic mass is 9.79. The number of benzene rings is 7. The summed E-state index contributed by atoms with van der Waals surface area (Å²) < 4.78 is 35.2. The summed E-state index contributed by atoms with van der Waals surface area (Å²) >= 11 is 0. The van der Waals surface area contributed by atoms with E-state index in [1.165, 1.54) is 22.3 Å². The van der Waals surface area contributed by atoms with E-state index in [2.05, 4.69) is 175 Å². The van der Waals surface area contributed by atoms with Gasteiger partial charge in [-0.15, -0.1) is 0 Å². The Kier molecular flexibility index (Phi) is 9.84. The Balaban J connectivity index is 1.21. The van der Waals surface area contributed by atoms with E-state index in [9.17, 15) is 0 Å². The van der Waals surface area contributed by atoms with Crippen molar-refractivity contribution < 1.29 is 22.6 Å². The summed E-state index contributed by atoms with van der Waals surface area (Å²) in [6.07, 6.45) is 8.79. The Morgan fingerprint density at radius 3 is 1.73 bits per heavy atom. The molecule has 0 saturated heterocycles. The van der Waals surface area contributed by atoms with Gasteiger partial charge < -0.3 is 18.1 Å². The molecule has 2 heterocycles. The number of fused-ring (bicyclic) bond motifs is 8. The van der Waals surface area contributed by atoms with Gasteiger partial charge in [-0.3, -0.25) is 4.52 Å². The van der Waals surface area contributed by atoms with Gasteiger partial charge in [0.15, 0.2) is 0 Å². The van der Waals surface area contributed by atoms with Crippen molar-refractivity contribution >= 4 is 38.5 Å². The molecule has 7 aromatic carbocycles. The summed E-state index contributed by atoms with van der Waals surface area (Å²) in [6, 6.07) is 46.9. The van der Waals surface area contributed by atoms with Crippen LogP contribution in [0, 0.1) is 0 Å². The van der Waals surface area contributed by atoms with Crippen LogP contribution in [-0.2, 0) is 21.5 Å². The lowest BCUT2D eigenvalue weighted by Gasteiger charge is -2.29. The average molecular weight is 827 g/mol. The summed E-state index contributed by atoms with van der Waals surface area (Å²) in [5, 5.41) is 4.46. The largest absolute Gasteiger partial charge is 0.463 e. The van der Waals surface area contributed by atoms with Gasteiger partial charge >= 0.3 is 8.60 Å². The van der Waals surface area contributed by atoms with Crippen LogP contribution in [0.5, 0.6) is 23.0 Å². The quantitative estimate of drug-likeness (QED) is 0.162. The summed E-state index contributed by atoms with van der Waals surface area (Å²) in [5.74, 6) is 3.04. The fourth-order valence-corrected chi connectivity index (χ4v) is 11.5. The fourth-order valence-electron chi connectivity index (χ4n) is 8.86. The number of hydrogen-bond donors (Lipinski definition) is 0. The third-order valence-electron chi connectivity index (χ3n) is 11.7. The highest BCUT2D eigenvalue weighted by Crippen LogP contribution is 2.58. The molecule has 0 radical (unpaired) electrons.